The van der Waals surface area contributed by atoms with Crippen molar-refractivity contribution in [2.45, 2.75) is 38.8 Å². The average Bonchev–Trinajstić information content (AvgIpc) is 3.49. The van der Waals surface area contributed by atoms with E-state index >= 15 is 0 Å². The molecule has 2 aromatic heterocycles. The molecule has 3 aromatic rings. The van der Waals surface area contributed by atoms with Crippen LogP contribution in [0, 0.1) is 10.8 Å². The summed E-state index contributed by atoms with van der Waals surface area (Å²) in [5, 5.41) is 3.04. The van der Waals surface area contributed by atoms with E-state index in [0.29, 0.717) is 32.1 Å². The van der Waals surface area contributed by atoms with E-state index in [9.17, 15) is 9.70 Å². The van der Waals surface area contributed by atoms with E-state index in [-0.39, 0.29) is 29.6 Å². The number of rotatable bonds is 11. The lowest BCUT2D eigenvalue weighted by Crippen LogP contribution is -2.23. The molecule has 1 amide bonds. The number of carbonyl (C=O) groups excluding carboxylic acids is 1. The van der Waals surface area contributed by atoms with Gasteiger partial charge in [0.05, 0.1) is 24.5 Å². The highest BCUT2D eigenvalue weighted by Gasteiger charge is 2.20. The van der Waals surface area contributed by atoms with Crippen LogP contribution in [0.3, 0.4) is 0 Å². The van der Waals surface area contributed by atoms with Gasteiger partial charge in [0.1, 0.15) is 0 Å². The number of nitrogens with zero attached hydrogens (tertiary/aromatic N) is 5. The van der Waals surface area contributed by atoms with E-state index in [0.717, 1.165) is 54.9 Å². The number of anilines is 2. The minimum Gasteiger partial charge on any atom is -0.477 e. The topological polar surface area (TPSA) is 123 Å². The van der Waals surface area contributed by atoms with Gasteiger partial charge < -0.3 is 20.1 Å². The van der Waals surface area contributed by atoms with E-state index in [2.05, 4.69) is 32.2 Å². The molecule has 1 aromatic carbocycles. The van der Waals surface area contributed by atoms with E-state index in [1.807, 2.05) is 30.5 Å². The first-order chi connectivity index (χ1) is 19.1. The van der Waals surface area contributed by atoms with Crippen LogP contribution in [0.15, 0.2) is 53.8 Å². The van der Waals surface area contributed by atoms with Crippen LogP contribution in [0.25, 0.3) is 11.1 Å². The fraction of sp³-hybridized carbons (Fsp3) is 0.414. The van der Waals surface area contributed by atoms with Crippen LogP contribution in [0.5, 0.6) is 5.88 Å². The number of carbonyl (C=O) groups is 1. The molecule has 0 aliphatic carbocycles. The summed E-state index contributed by atoms with van der Waals surface area (Å²) in [5.41, 5.74) is 10.2. The minimum absolute atomic E-state index is 0.0765. The smallest absolute Gasteiger partial charge is 0.217 e. The van der Waals surface area contributed by atoms with Crippen molar-refractivity contribution in [3.8, 4) is 17.0 Å². The Morgan fingerprint density at radius 2 is 1.85 bits per heavy atom. The molecule has 2 fully saturated rings. The fourth-order valence-electron chi connectivity index (χ4n) is 5.06. The van der Waals surface area contributed by atoms with Crippen molar-refractivity contribution in [3.63, 3.8) is 0 Å². The number of hydrogen-bond donors (Lipinski definition) is 1. The van der Waals surface area contributed by atoms with Gasteiger partial charge in [-0.3, -0.25) is 14.7 Å². The predicted molar refractivity (Wildman–Crippen MR) is 150 cm³/mol. The summed E-state index contributed by atoms with van der Waals surface area (Å²) in [4.78, 5) is 36.3. The molecule has 0 bridgehead atoms. The lowest BCUT2D eigenvalue weighted by atomic mass is 10.0. The summed E-state index contributed by atoms with van der Waals surface area (Å²) >= 11 is 0. The minimum atomic E-state index is -0.0859. The number of nitrogens with two attached hydrogens (primary N) is 1. The molecule has 2 N–H and O–H groups in total. The van der Waals surface area contributed by atoms with Gasteiger partial charge in [0.2, 0.25) is 12.3 Å². The zero-order valence-corrected chi connectivity index (χ0v) is 22.0. The van der Waals surface area contributed by atoms with Crippen LogP contribution < -0.4 is 15.4 Å². The number of nitrogen functional groups attached to an aromatic ring is 1. The highest BCUT2D eigenvalue weighted by Crippen LogP contribution is 2.37. The van der Waals surface area contributed by atoms with Crippen molar-refractivity contribution in [1.29, 1.82) is 0 Å². The van der Waals surface area contributed by atoms with E-state index in [1.54, 1.807) is 6.07 Å². The molecule has 204 valence electrons. The quantitative estimate of drug-likeness (QED) is 0.280. The Morgan fingerprint density at radius 1 is 1.10 bits per heavy atom. The number of aromatic nitrogens is 2. The average molecular weight is 531 g/mol. The molecule has 4 heterocycles. The zero-order chi connectivity index (χ0) is 27.0. The molecule has 10 heteroatoms. The van der Waals surface area contributed by atoms with Crippen LogP contribution in [0.1, 0.15) is 36.9 Å². The normalized spacial score (nSPS) is 16.2. The number of ether oxygens (including phenoxy) is 2. The van der Waals surface area contributed by atoms with E-state index < -0.39 is 0 Å². The van der Waals surface area contributed by atoms with Gasteiger partial charge >= 0.3 is 0 Å². The first-order valence-electron chi connectivity index (χ1n) is 13.5. The number of hydrogen-bond acceptors (Lipinski definition) is 9. The van der Waals surface area contributed by atoms with E-state index in [4.69, 9.17) is 15.2 Å². The van der Waals surface area contributed by atoms with E-state index in [1.165, 1.54) is 17.7 Å². The monoisotopic (exact) mass is 530 g/mol. The summed E-state index contributed by atoms with van der Waals surface area (Å²) in [6.07, 6.45) is 6.90. The van der Waals surface area contributed by atoms with Crippen LogP contribution in [-0.2, 0) is 22.6 Å². The summed E-state index contributed by atoms with van der Waals surface area (Å²) in [7, 11) is 0. The molecule has 2 aliphatic rings. The molecule has 10 nitrogen and oxygen atoms in total. The van der Waals surface area contributed by atoms with Crippen molar-refractivity contribution in [2.24, 2.45) is 11.1 Å². The van der Waals surface area contributed by atoms with Gasteiger partial charge in [0.15, 0.2) is 11.5 Å². The third-order valence-corrected chi connectivity index (χ3v) is 7.36. The number of benzene rings is 1. The lowest BCUT2D eigenvalue weighted by molar-refractivity contribution is -0.107. The summed E-state index contributed by atoms with van der Waals surface area (Å²) in [5.74, 6) is 0.530. The molecule has 0 atom stereocenters. The molecule has 0 spiro atoms. The summed E-state index contributed by atoms with van der Waals surface area (Å²) in [6.45, 7) is 5.28. The molecule has 2 saturated heterocycles. The Bertz CT molecular complexity index is 1260. The summed E-state index contributed by atoms with van der Waals surface area (Å²) in [6, 6.07) is 13.6. The molecular weight excluding hydrogens is 496 g/mol. The Balaban J connectivity index is 1.26. The zero-order valence-electron chi connectivity index (χ0n) is 22.0. The van der Waals surface area contributed by atoms with Gasteiger partial charge in [-0.15, -0.1) is 4.91 Å². The first-order valence-corrected chi connectivity index (χ1v) is 13.5. The highest BCUT2D eigenvalue weighted by atomic mass is 16.5. The first kappa shape index (κ1) is 26.7. The van der Waals surface area contributed by atoms with Crippen molar-refractivity contribution >= 4 is 23.6 Å². The number of pyridine rings is 2. The van der Waals surface area contributed by atoms with Crippen molar-refractivity contribution in [1.82, 2.24) is 14.9 Å². The maximum Gasteiger partial charge on any atom is 0.217 e. The second-order valence-electron chi connectivity index (χ2n) is 10.1. The van der Waals surface area contributed by atoms with Gasteiger partial charge in [0, 0.05) is 37.6 Å². The predicted octanol–water partition coefficient (Wildman–Crippen LogP) is 4.69. The van der Waals surface area contributed by atoms with Crippen molar-refractivity contribution in [2.75, 3.05) is 43.5 Å². The van der Waals surface area contributed by atoms with Gasteiger partial charge in [-0.05, 0) is 67.1 Å². The molecule has 0 radical (unpaired) electrons. The van der Waals surface area contributed by atoms with Crippen LogP contribution in [-0.4, -0.2) is 54.2 Å². The van der Waals surface area contributed by atoms with Gasteiger partial charge in [-0.1, -0.05) is 30.3 Å². The molecule has 2 aliphatic heterocycles. The molecule has 39 heavy (non-hydrogen) atoms. The van der Waals surface area contributed by atoms with Gasteiger partial charge in [-0.2, -0.15) is 4.98 Å². The number of amides is 1. The lowest BCUT2D eigenvalue weighted by Gasteiger charge is -2.23. The Kier molecular flexibility index (Phi) is 8.75. The molecule has 0 unspecified atom stereocenters. The van der Waals surface area contributed by atoms with Gasteiger partial charge in [0.25, 0.3) is 0 Å². The molecule has 5 rings (SSSR count). The Hall–Kier alpha value is -3.89. The van der Waals surface area contributed by atoms with Crippen LogP contribution in [0.2, 0.25) is 0 Å². The van der Waals surface area contributed by atoms with Crippen molar-refractivity contribution in [3.05, 3.63) is 64.8 Å². The second kappa shape index (κ2) is 12.8. The third-order valence-electron chi connectivity index (χ3n) is 7.36. The molecule has 0 saturated carbocycles. The van der Waals surface area contributed by atoms with Crippen LogP contribution >= 0.6 is 0 Å². The largest absolute Gasteiger partial charge is 0.477 e. The number of nitroso groups, excluding NO2 is 1. The summed E-state index contributed by atoms with van der Waals surface area (Å²) < 4.78 is 11.3. The molecular formula is C29H34N6O4. The Labute approximate surface area is 228 Å². The highest BCUT2D eigenvalue weighted by molar-refractivity contribution is 5.87. The standard InChI is InChI=1S/C29H34N6O4/c30-29-28(33-37)26(15-27(32-29)39-19-22-9-13-38-14-10-22)35(20-36)17-21-3-5-23(6-4-21)24-7-8-25(31-16-24)18-34-11-1-2-12-34/h3-8,15-16,20,22H,1-2,9-14,17-19H2,(H2,30,32). The third kappa shape index (κ3) is 6.76. The van der Waals surface area contributed by atoms with Gasteiger partial charge in [-0.25, -0.2) is 0 Å². The van der Waals surface area contributed by atoms with Crippen LogP contribution in [0.4, 0.5) is 17.2 Å². The Morgan fingerprint density at radius 3 is 2.51 bits per heavy atom. The maximum absolute atomic E-state index is 12.1. The number of likely N-dealkylation sites (tertiary alicyclic amines) is 1. The fourth-order valence-corrected chi connectivity index (χ4v) is 5.06. The SMILES string of the molecule is Nc1nc(OCC2CCOCC2)cc(N(C=O)Cc2ccc(-c3ccc(CN4CCCC4)nc3)cc2)c1N=O. The second-order valence-corrected chi connectivity index (χ2v) is 10.1. The van der Waals surface area contributed by atoms with Crippen molar-refractivity contribution < 1.29 is 14.3 Å². The maximum atomic E-state index is 12.1.